The number of rotatable bonds is 6. The zero-order chi connectivity index (χ0) is 17.1. The van der Waals surface area contributed by atoms with Crippen molar-refractivity contribution in [2.75, 3.05) is 13.2 Å². The van der Waals surface area contributed by atoms with E-state index in [4.69, 9.17) is 9.47 Å². The van der Waals surface area contributed by atoms with E-state index in [2.05, 4.69) is 20.6 Å². The van der Waals surface area contributed by atoms with E-state index in [9.17, 15) is 4.79 Å². The number of aromatic nitrogens is 4. The van der Waals surface area contributed by atoms with Crippen LogP contribution in [0.15, 0.2) is 12.4 Å². The van der Waals surface area contributed by atoms with Crippen molar-refractivity contribution < 1.29 is 14.3 Å². The molecule has 0 unspecified atom stereocenters. The number of nitrogens with zero attached hydrogens (tertiary/aromatic N) is 3. The first kappa shape index (κ1) is 16.5. The van der Waals surface area contributed by atoms with Crippen LogP contribution in [0.2, 0.25) is 0 Å². The Morgan fingerprint density at radius 3 is 3.00 bits per heavy atom. The molecular formula is C16H23N5O3. The van der Waals surface area contributed by atoms with E-state index in [1.54, 1.807) is 12.4 Å². The zero-order valence-electron chi connectivity index (χ0n) is 14.2. The van der Waals surface area contributed by atoms with Crippen LogP contribution >= 0.6 is 0 Å². The zero-order valence-corrected chi connectivity index (χ0v) is 14.2. The Labute approximate surface area is 140 Å². The maximum absolute atomic E-state index is 12.3. The van der Waals surface area contributed by atoms with E-state index in [1.807, 2.05) is 25.6 Å². The fourth-order valence-electron chi connectivity index (χ4n) is 2.96. The fourth-order valence-corrected chi connectivity index (χ4v) is 2.96. The standard InChI is InChI=1S/C16H23N5O3/c1-10-13(11(2)21(3)20-10)4-5-16(22)19-14-8-23-9-15(14)24-12-6-17-18-7-12/h6-7,14-15H,4-5,8-9H2,1-3H3,(H,17,18)(H,19,22)/t14-,15+/m0/s1. The number of H-pyrrole nitrogens is 1. The van der Waals surface area contributed by atoms with E-state index >= 15 is 0 Å². The first-order chi connectivity index (χ1) is 11.5. The molecular weight excluding hydrogens is 310 g/mol. The van der Waals surface area contributed by atoms with Crippen LogP contribution < -0.4 is 10.1 Å². The van der Waals surface area contributed by atoms with Gasteiger partial charge in [-0.25, -0.2) is 0 Å². The largest absolute Gasteiger partial charge is 0.482 e. The smallest absolute Gasteiger partial charge is 0.220 e. The summed E-state index contributed by atoms with van der Waals surface area (Å²) in [5.74, 6) is 0.639. The van der Waals surface area contributed by atoms with Crippen molar-refractivity contribution in [3.63, 3.8) is 0 Å². The summed E-state index contributed by atoms with van der Waals surface area (Å²) in [4.78, 5) is 12.3. The summed E-state index contributed by atoms with van der Waals surface area (Å²) in [5, 5.41) is 13.9. The quantitative estimate of drug-likeness (QED) is 0.810. The van der Waals surface area contributed by atoms with Gasteiger partial charge in [-0.15, -0.1) is 0 Å². The molecule has 3 heterocycles. The Kier molecular flexibility index (Phi) is 4.84. The third kappa shape index (κ3) is 3.59. The summed E-state index contributed by atoms with van der Waals surface area (Å²) in [5.41, 5.74) is 3.22. The maximum Gasteiger partial charge on any atom is 0.220 e. The minimum atomic E-state index is -0.201. The second-order valence-corrected chi connectivity index (χ2v) is 6.07. The van der Waals surface area contributed by atoms with E-state index in [0.29, 0.717) is 31.8 Å². The number of hydrogen-bond donors (Lipinski definition) is 2. The third-order valence-electron chi connectivity index (χ3n) is 4.40. The monoisotopic (exact) mass is 333 g/mol. The number of ether oxygens (including phenoxy) is 2. The minimum Gasteiger partial charge on any atom is -0.482 e. The molecule has 1 saturated heterocycles. The molecule has 2 N–H and O–H groups in total. The molecule has 3 rings (SSSR count). The van der Waals surface area contributed by atoms with Gasteiger partial charge in [0.05, 0.1) is 37.3 Å². The Morgan fingerprint density at radius 2 is 2.33 bits per heavy atom. The highest BCUT2D eigenvalue weighted by Crippen LogP contribution is 2.17. The molecule has 0 bridgehead atoms. The van der Waals surface area contributed by atoms with Crippen LogP contribution in [0.4, 0.5) is 0 Å². The number of carbonyl (C=O) groups excluding carboxylic acids is 1. The Balaban J connectivity index is 1.52. The van der Waals surface area contributed by atoms with Crippen LogP contribution in [-0.4, -0.2) is 51.2 Å². The molecule has 0 spiro atoms. The van der Waals surface area contributed by atoms with Gasteiger partial charge in [-0.1, -0.05) is 0 Å². The normalized spacial score (nSPS) is 20.3. The highest BCUT2D eigenvalue weighted by molar-refractivity contribution is 5.76. The van der Waals surface area contributed by atoms with Gasteiger partial charge in [-0.05, 0) is 25.8 Å². The molecule has 0 radical (unpaired) electrons. The minimum absolute atomic E-state index is 0.00560. The number of carbonyl (C=O) groups is 1. The molecule has 1 aliphatic rings. The molecule has 0 aliphatic carbocycles. The van der Waals surface area contributed by atoms with Gasteiger partial charge in [0.15, 0.2) is 5.75 Å². The molecule has 1 amide bonds. The van der Waals surface area contributed by atoms with Crippen molar-refractivity contribution in [3.8, 4) is 5.75 Å². The van der Waals surface area contributed by atoms with Crippen LogP contribution in [0.3, 0.4) is 0 Å². The van der Waals surface area contributed by atoms with Crippen LogP contribution in [0.25, 0.3) is 0 Å². The lowest BCUT2D eigenvalue weighted by molar-refractivity contribution is -0.122. The van der Waals surface area contributed by atoms with E-state index < -0.39 is 0 Å². The second-order valence-electron chi connectivity index (χ2n) is 6.07. The predicted molar refractivity (Wildman–Crippen MR) is 86.8 cm³/mol. The van der Waals surface area contributed by atoms with Gasteiger partial charge in [0, 0.05) is 19.2 Å². The van der Waals surface area contributed by atoms with Crippen LogP contribution in [0, 0.1) is 13.8 Å². The summed E-state index contributed by atoms with van der Waals surface area (Å²) < 4.78 is 13.1. The molecule has 8 heteroatoms. The van der Waals surface area contributed by atoms with Crippen molar-refractivity contribution >= 4 is 5.91 Å². The van der Waals surface area contributed by atoms with Gasteiger partial charge >= 0.3 is 0 Å². The molecule has 130 valence electrons. The van der Waals surface area contributed by atoms with Crippen molar-refractivity contribution in [1.29, 1.82) is 0 Å². The number of aromatic amines is 1. The van der Waals surface area contributed by atoms with Crippen molar-refractivity contribution in [2.24, 2.45) is 7.05 Å². The van der Waals surface area contributed by atoms with E-state index in [1.165, 1.54) is 0 Å². The van der Waals surface area contributed by atoms with Gasteiger partial charge in [0.2, 0.25) is 5.91 Å². The summed E-state index contributed by atoms with van der Waals surface area (Å²) in [6.45, 7) is 4.91. The van der Waals surface area contributed by atoms with Crippen LogP contribution in [0.5, 0.6) is 5.75 Å². The van der Waals surface area contributed by atoms with Crippen molar-refractivity contribution in [3.05, 3.63) is 29.3 Å². The molecule has 24 heavy (non-hydrogen) atoms. The van der Waals surface area contributed by atoms with Gasteiger partial charge in [0.25, 0.3) is 0 Å². The van der Waals surface area contributed by atoms with Gasteiger partial charge in [-0.2, -0.15) is 10.2 Å². The lowest BCUT2D eigenvalue weighted by atomic mass is 10.1. The second kappa shape index (κ2) is 7.04. The lowest BCUT2D eigenvalue weighted by Gasteiger charge is -2.19. The Bertz CT molecular complexity index is 695. The van der Waals surface area contributed by atoms with Crippen LogP contribution in [0.1, 0.15) is 23.4 Å². The summed E-state index contributed by atoms with van der Waals surface area (Å²) in [6, 6.07) is -0.150. The average Bonchev–Trinajstić information content (AvgIpc) is 3.24. The maximum atomic E-state index is 12.3. The summed E-state index contributed by atoms with van der Waals surface area (Å²) >= 11 is 0. The number of nitrogens with one attached hydrogen (secondary N) is 2. The average molecular weight is 333 g/mol. The molecule has 0 saturated carbocycles. The number of aryl methyl sites for hydroxylation is 2. The van der Waals surface area contributed by atoms with E-state index in [0.717, 1.165) is 17.0 Å². The summed E-state index contributed by atoms with van der Waals surface area (Å²) in [6.07, 6.45) is 4.17. The SMILES string of the molecule is Cc1nn(C)c(C)c1CCC(=O)N[C@H]1COC[C@H]1Oc1cn[nH]c1. The van der Waals surface area contributed by atoms with Crippen molar-refractivity contribution in [2.45, 2.75) is 38.8 Å². The highest BCUT2D eigenvalue weighted by atomic mass is 16.5. The topological polar surface area (TPSA) is 94.1 Å². The molecule has 8 nitrogen and oxygen atoms in total. The van der Waals surface area contributed by atoms with Gasteiger partial charge in [-0.3, -0.25) is 14.6 Å². The number of amides is 1. The van der Waals surface area contributed by atoms with Crippen molar-refractivity contribution in [1.82, 2.24) is 25.3 Å². The fraction of sp³-hybridized carbons (Fsp3) is 0.562. The third-order valence-corrected chi connectivity index (χ3v) is 4.40. The first-order valence-electron chi connectivity index (χ1n) is 8.06. The summed E-state index contributed by atoms with van der Waals surface area (Å²) in [7, 11) is 1.92. The molecule has 1 fully saturated rings. The van der Waals surface area contributed by atoms with Gasteiger partial charge < -0.3 is 14.8 Å². The Morgan fingerprint density at radius 1 is 1.50 bits per heavy atom. The first-order valence-corrected chi connectivity index (χ1v) is 8.06. The molecule has 2 aromatic rings. The van der Waals surface area contributed by atoms with Gasteiger partial charge in [0.1, 0.15) is 6.10 Å². The van der Waals surface area contributed by atoms with Crippen LogP contribution in [-0.2, 0) is 23.0 Å². The molecule has 2 atom stereocenters. The van der Waals surface area contributed by atoms with E-state index in [-0.39, 0.29) is 18.1 Å². The lowest BCUT2D eigenvalue weighted by Crippen LogP contribution is -2.45. The highest BCUT2D eigenvalue weighted by Gasteiger charge is 2.31. The Hall–Kier alpha value is -2.35. The molecule has 1 aliphatic heterocycles. The molecule has 2 aromatic heterocycles. The molecule has 0 aromatic carbocycles. The number of hydrogen-bond acceptors (Lipinski definition) is 5. The predicted octanol–water partition coefficient (Wildman–Crippen LogP) is 0.655.